The van der Waals surface area contributed by atoms with Crippen molar-refractivity contribution < 1.29 is 19.5 Å². The van der Waals surface area contributed by atoms with Gasteiger partial charge in [-0.15, -0.1) is 11.3 Å². The van der Waals surface area contributed by atoms with Gasteiger partial charge in [0.2, 0.25) is 6.41 Å². The molecule has 0 bridgehead atoms. The van der Waals surface area contributed by atoms with Crippen molar-refractivity contribution in [3.8, 4) is 5.75 Å². The van der Waals surface area contributed by atoms with Crippen molar-refractivity contribution in [1.82, 2.24) is 10.3 Å². The standard InChI is InChI=1S/C15H16N4O4S/c1-23-19-13(12-8-24-15(18-12)17-9-20)14(22)16-7-6-10-2-4-11(21)5-3-10/h2-5,8-9,21H,6-7H2,1H3,(H,16,22)(H,17,18,20)/b19-13+. The molecule has 0 spiro atoms. The smallest absolute Gasteiger partial charge is 0.275 e. The number of anilines is 1. The number of hydrogen-bond acceptors (Lipinski definition) is 7. The second kappa shape index (κ2) is 8.63. The van der Waals surface area contributed by atoms with Crippen molar-refractivity contribution in [1.29, 1.82) is 0 Å². The van der Waals surface area contributed by atoms with Gasteiger partial charge in [-0.3, -0.25) is 9.59 Å². The van der Waals surface area contributed by atoms with E-state index in [1.54, 1.807) is 29.6 Å². The highest BCUT2D eigenvalue weighted by molar-refractivity contribution is 7.14. The lowest BCUT2D eigenvalue weighted by molar-refractivity contribution is -0.114. The number of aromatic nitrogens is 1. The van der Waals surface area contributed by atoms with Crippen molar-refractivity contribution >= 4 is 34.5 Å². The van der Waals surface area contributed by atoms with Gasteiger partial charge in [0, 0.05) is 11.9 Å². The number of aromatic hydroxyl groups is 1. The van der Waals surface area contributed by atoms with Crippen LogP contribution in [0, 0.1) is 0 Å². The first-order valence-electron chi connectivity index (χ1n) is 6.97. The molecule has 2 amide bonds. The number of amides is 2. The predicted molar refractivity (Wildman–Crippen MR) is 90.2 cm³/mol. The minimum Gasteiger partial charge on any atom is -0.508 e. The Morgan fingerprint density at radius 2 is 2.17 bits per heavy atom. The number of nitrogens with one attached hydrogen (secondary N) is 2. The number of hydrogen-bond donors (Lipinski definition) is 3. The van der Waals surface area contributed by atoms with E-state index in [0.717, 1.165) is 5.56 Å². The van der Waals surface area contributed by atoms with E-state index in [1.165, 1.54) is 18.4 Å². The van der Waals surface area contributed by atoms with Crippen LogP contribution in [0.25, 0.3) is 0 Å². The summed E-state index contributed by atoms with van der Waals surface area (Å²) in [4.78, 5) is 31.5. The first-order chi connectivity index (χ1) is 11.6. The molecule has 0 aliphatic heterocycles. The lowest BCUT2D eigenvalue weighted by atomic mass is 10.1. The highest BCUT2D eigenvalue weighted by Crippen LogP contribution is 2.15. The highest BCUT2D eigenvalue weighted by atomic mass is 32.1. The van der Waals surface area contributed by atoms with Crippen molar-refractivity contribution in [2.45, 2.75) is 6.42 Å². The Kier molecular flexibility index (Phi) is 6.26. The third-order valence-corrected chi connectivity index (χ3v) is 3.74. The first kappa shape index (κ1) is 17.4. The molecule has 24 heavy (non-hydrogen) atoms. The number of carbonyl (C=O) groups excluding carboxylic acids is 2. The molecule has 1 aromatic heterocycles. The molecule has 1 aromatic carbocycles. The number of thiazole rings is 1. The van der Waals surface area contributed by atoms with Gasteiger partial charge in [0.25, 0.3) is 5.91 Å². The monoisotopic (exact) mass is 348 g/mol. The maximum absolute atomic E-state index is 12.3. The Labute approximate surface area is 142 Å². The van der Waals surface area contributed by atoms with Crippen molar-refractivity contribution in [3.63, 3.8) is 0 Å². The van der Waals surface area contributed by atoms with Gasteiger partial charge in [0.1, 0.15) is 18.6 Å². The van der Waals surface area contributed by atoms with Crippen LogP contribution in [0.2, 0.25) is 0 Å². The molecule has 0 radical (unpaired) electrons. The van der Waals surface area contributed by atoms with E-state index in [-0.39, 0.29) is 11.5 Å². The molecule has 0 fully saturated rings. The van der Waals surface area contributed by atoms with Crippen molar-refractivity contribution in [2.75, 3.05) is 19.0 Å². The van der Waals surface area contributed by atoms with Crippen LogP contribution in [-0.4, -0.2) is 41.8 Å². The SMILES string of the molecule is CO/N=C(/C(=O)NCCc1ccc(O)cc1)c1csc(NC=O)n1. The predicted octanol–water partition coefficient (Wildman–Crippen LogP) is 1.13. The molecule has 0 atom stereocenters. The van der Waals surface area contributed by atoms with E-state index in [0.29, 0.717) is 30.2 Å². The lowest BCUT2D eigenvalue weighted by Gasteiger charge is -2.06. The Bertz CT molecular complexity index is 727. The van der Waals surface area contributed by atoms with Crippen LogP contribution in [0.1, 0.15) is 11.3 Å². The zero-order chi connectivity index (χ0) is 17.4. The molecule has 126 valence electrons. The van der Waals surface area contributed by atoms with E-state index in [4.69, 9.17) is 4.84 Å². The summed E-state index contributed by atoms with van der Waals surface area (Å²) >= 11 is 1.17. The molecule has 0 unspecified atom stereocenters. The molecular formula is C15H16N4O4S. The fourth-order valence-corrected chi connectivity index (χ4v) is 2.52. The molecular weight excluding hydrogens is 332 g/mol. The van der Waals surface area contributed by atoms with Crippen LogP contribution < -0.4 is 10.6 Å². The van der Waals surface area contributed by atoms with E-state index < -0.39 is 5.91 Å². The molecule has 9 heteroatoms. The van der Waals surface area contributed by atoms with Crippen LogP contribution in [0.4, 0.5) is 5.13 Å². The van der Waals surface area contributed by atoms with E-state index in [1.807, 2.05) is 0 Å². The summed E-state index contributed by atoms with van der Waals surface area (Å²) in [6, 6.07) is 6.74. The first-order valence-corrected chi connectivity index (χ1v) is 7.85. The van der Waals surface area contributed by atoms with E-state index in [2.05, 4.69) is 20.8 Å². The van der Waals surface area contributed by atoms with Gasteiger partial charge in [-0.05, 0) is 24.1 Å². The minimum absolute atomic E-state index is 0.0263. The van der Waals surface area contributed by atoms with Crippen LogP contribution in [-0.2, 0) is 20.8 Å². The second-order valence-corrected chi connectivity index (χ2v) is 5.45. The molecule has 8 nitrogen and oxygen atoms in total. The maximum atomic E-state index is 12.3. The molecule has 0 saturated heterocycles. The summed E-state index contributed by atoms with van der Waals surface area (Å²) < 4.78 is 0. The van der Waals surface area contributed by atoms with E-state index >= 15 is 0 Å². The number of carbonyl (C=O) groups is 2. The van der Waals surface area contributed by atoms with Gasteiger partial charge < -0.3 is 20.6 Å². The molecule has 0 aliphatic rings. The molecule has 0 saturated carbocycles. The Morgan fingerprint density at radius 3 is 2.83 bits per heavy atom. The summed E-state index contributed by atoms with van der Waals surface area (Å²) in [5.74, 6) is -0.237. The maximum Gasteiger partial charge on any atom is 0.275 e. The molecule has 2 aromatic rings. The number of rotatable bonds is 8. The Balaban J connectivity index is 1.97. The van der Waals surface area contributed by atoms with Crippen molar-refractivity contribution in [3.05, 3.63) is 40.9 Å². The minimum atomic E-state index is -0.432. The van der Waals surface area contributed by atoms with Crippen LogP contribution in [0.5, 0.6) is 5.75 Å². The summed E-state index contributed by atoms with van der Waals surface area (Å²) in [5.41, 5.74) is 1.32. The average molecular weight is 348 g/mol. The molecule has 2 rings (SSSR count). The largest absolute Gasteiger partial charge is 0.508 e. The summed E-state index contributed by atoms with van der Waals surface area (Å²) in [6.45, 7) is 0.385. The van der Waals surface area contributed by atoms with Gasteiger partial charge >= 0.3 is 0 Å². The zero-order valence-corrected chi connectivity index (χ0v) is 13.7. The zero-order valence-electron chi connectivity index (χ0n) is 12.9. The molecule has 3 N–H and O–H groups in total. The van der Waals surface area contributed by atoms with Gasteiger partial charge in [-0.1, -0.05) is 17.3 Å². The number of phenols is 1. The summed E-state index contributed by atoms with van der Waals surface area (Å²) in [7, 11) is 1.33. The topological polar surface area (TPSA) is 113 Å². The molecule has 1 heterocycles. The second-order valence-electron chi connectivity index (χ2n) is 4.59. The van der Waals surface area contributed by atoms with Gasteiger partial charge in [-0.25, -0.2) is 4.98 Å². The highest BCUT2D eigenvalue weighted by Gasteiger charge is 2.18. The Hall–Kier alpha value is -2.94. The lowest BCUT2D eigenvalue weighted by Crippen LogP contribution is -2.33. The third kappa shape index (κ3) is 4.78. The van der Waals surface area contributed by atoms with Gasteiger partial charge in [0.05, 0.1) is 0 Å². The average Bonchev–Trinajstić information content (AvgIpc) is 3.03. The van der Waals surface area contributed by atoms with E-state index in [9.17, 15) is 14.7 Å². The summed E-state index contributed by atoms with van der Waals surface area (Å²) in [6.07, 6.45) is 1.11. The Morgan fingerprint density at radius 1 is 1.42 bits per heavy atom. The fourth-order valence-electron chi connectivity index (χ4n) is 1.86. The van der Waals surface area contributed by atoms with Crippen LogP contribution in [0.3, 0.4) is 0 Å². The number of phenolic OH excluding ortho intramolecular Hbond substituents is 1. The van der Waals surface area contributed by atoms with Crippen LogP contribution >= 0.6 is 11.3 Å². The van der Waals surface area contributed by atoms with Gasteiger partial charge in [-0.2, -0.15) is 0 Å². The number of oxime groups is 1. The quantitative estimate of drug-likeness (QED) is 0.376. The molecule has 0 aliphatic carbocycles. The normalized spacial score (nSPS) is 11.0. The van der Waals surface area contributed by atoms with Crippen LogP contribution in [0.15, 0.2) is 34.8 Å². The third-order valence-electron chi connectivity index (χ3n) is 2.96. The summed E-state index contributed by atoms with van der Waals surface area (Å²) in [5, 5.41) is 20.0. The van der Waals surface area contributed by atoms with Gasteiger partial charge in [0.15, 0.2) is 10.8 Å². The van der Waals surface area contributed by atoms with Crippen molar-refractivity contribution in [2.24, 2.45) is 5.16 Å². The number of nitrogens with zero attached hydrogens (tertiary/aromatic N) is 2. The fraction of sp³-hybridized carbons (Fsp3) is 0.200. The number of benzene rings is 1.